The quantitative estimate of drug-likeness (QED) is 0.588. The Kier molecular flexibility index (Phi) is 4.96. The van der Waals surface area contributed by atoms with Gasteiger partial charge in [-0.15, -0.1) is 0 Å². The van der Waals surface area contributed by atoms with Crippen LogP contribution in [0.3, 0.4) is 0 Å². The second kappa shape index (κ2) is 5.80. The first-order valence-corrected chi connectivity index (χ1v) is 6.19. The van der Waals surface area contributed by atoms with E-state index >= 15 is 0 Å². The smallest absolute Gasteiger partial charge is 0.0815 e. The second-order valence-electron chi connectivity index (χ2n) is 5.55. The number of hydrogen-bond acceptors (Lipinski definition) is 3. The molecule has 0 aliphatic carbocycles. The Bertz CT molecular complexity index is 233. The molecule has 0 spiro atoms. The summed E-state index contributed by atoms with van der Waals surface area (Å²) in [5.41, 5.74) is -0.101. The van der Waals surface area contributed by atoms with Crippen molar-refractivity contribution in [3.05, 3.63) is 12.2 Å². The zero-order valence-corrected chi connectivity index (χ0v) is 11.3. The first-order chi connectivity index (χ1) is 7.42. The molecule has 0 aromatic rings. The zero-order valence-electron chi connectivity index (χ0n) is 11.3. The Balaban J connectivity index is 2.34. The van der Waals surface area contributed by atoms with E-state index in [4.69, 9.17) is 4.84 Å². The van der Waals surface area contributed by atoms with E-state index in [0.717, 1.165) is 19.4 Å². The van der Waals surface area contributed by atoms with Gasteiger partial charge in [-0.1, -0.05) is 12.2 Å². The molecular weight excluding hydrogens is 200 g/mol. The van der Waals surface area contributed by atoms with Gasteiger partial charge in [-0.3, -0.25) is 4.84 Å². The van der Waals surface area contributed by atoms with E-state index in [1.807, 2.05) is 12.1 Å². The van der Waals surface area contributed by atoms with Gasteiger partial charge in [-0.2, -0.15) is 5.06 Å². The van der Waals surface area contributed by atoms with Gasteiger partial charge in [0.2, 0.25) is 0 Å². The SMILES string of the molecule is CC=CCC1C[C@@H](N(C)OC(C)(C)C)CN1. The van der Waals surface area contributed by atoms with Crippen molar-refractivity contribution in [1.29, 1.82) is 0 Å². The molecule has 1 aliphatic heterocycles. The van der Waals surface area contributed by atoms with Gasteiger partial charge >= 0.3 is 0 Å². The van der Waals surface area contributed by atoms with E-state index < -0.39 is 0 Å². The average molecular weight is 226 g/mol. The van der Waals surface area contributed by atoms with Crippen molar-refractivity contribution < 1.29 is 4.84 Å². The van der Waals surface area contributed by atoms with E-state index in [1.54, 1.807) is 0 Å². The Morgan fingerprint density at radius 1 is 1.44 bits per heavy atom. The van der Waals surface area contributed by atoms with Crippen LogP contribution in [0, 0.1) is 0 Å². The molecule has 94 valence electrons. The summed E-state index contributed by atoms with van der Waals surface area (Å²) in [6, 6.07) is 1.10. The number of rotatable bonds is 4. The summed E-state index contributed by atoms with van der Waals surface area (Å²) in [7, 11) is 2.04. The monoisotopic (exact) mass is 226 g/mol. The third-order valence-electron chi connectivity index (χ3n) is 2.79. The fourth-order valence-electron chi connectivity index (χ4n) is 2.06. The topological polar surface area (TPSA) is 24.5 Å². The molecule has 0 aromatic carbocycles. The number of nitrogens with zero attached hydrogens (tertiary/aromatic N) is 1. The zero-order chi connectivity index (χ0) is 12.2. The molecular formula is C13H26N2O. The molecule has 0 bridgehead atoms. The highest BCUT2D eigenvalue weighted by atomic mass is 16.7. The molecule has 1 heterocycles. The lowest BCUT2D eigenvalue weighted by molar-refractivity contribution is -0.231. The molecule has 16 heavy (non-hydrogen) atoms. The lowest BCUT2D eigenvalue weighted by atomic mass is 10.1. The van der Waals surface area contributed by atoms with Crippen LogP contribution in [0.2, 0.25) is 0 Å². The molecule has 1 rings (SSSR count). The van der Waals surface area contributed by atoms with Gasteiger partial charge in [0, 0.05) is 25.7 Å². The minimum absolute atomic E-state index is 0.101. The summed E-state index contributed by atoms with van der Waals surface area (Å²) in [5, 5.41) is 5.55. The van der Waals surface area contributed by atoms with Gasteiger partial charge < -0.3 is 5.32 Å². The normalized spacial score (nSPS) is 27.1. The van der Waals surface area contributed by atoms with Crippen LogP contribution in [-0.4, -0.2) is 36.3 Å². The highest BCUT2D eigenvalue weighted by molar-refractivity contribution is 4.91. The molecule has 0 radical (unpaired) electrons. The van der Waals surface area contributed by atoms with Crippen molar-refractivity contribution in [1.82, 2.24) is 10.4 Å². The maximum atomic E-state index is 5.85. The highest BCUT2D eigenvalue weighted by Crippen LogP contribution is 2.18. The van der Waals surface area contributed by atoms with Crippen LogP contribution in [0.15, 0.2) is 12.2 Å². The third kappa shape index (κ3) is 4.64. The molecule has 3 heteroatoms. The van der Waals surface area contributed by atoms with Gasteiger partial charge in [-0.05, 0) is 40.5 Å². The van der Waals surface area contributed by atoms with Crippen LogP contribution < -0.4 is 5.32 Å². The van der Waals surface area contributed by atoms with E-state index in [0.29, 0.717) is 12.1 Å². The van der Waals surface area contributed by atoms with Crippen molar-refractivity contribution >= 4 is 0 Å². The summed E-state index contributed by atoms with van der Waals surface area (Å²) in [4.78, 5) is 5.85. The molecule has 1 unspecified atom stereocenters. The van der Waals surface area contributed by atoms with Gasteiger partial charge in [0.25, 0.3) is 0 Å². The maximum absolute atomic E-state index is 5.85. The Labute approximate surface area is 99.8 Å². The van der Waals surface area contributed by atoms with Crippen LogP contribution in [0.4, 0.5) is 0 Å². The largest absolute Gasteiger partial charge is 0.312 e. The van der Waals surface area contributed by atoms with Gasteiger partial charge in [0.1, 0.15) is 0 Å². The van der Waals surface area contributed by atoms with Crippen molar-refractivity contribution in [2.24, 2.45) is 0 Å². The van der Waals surface area contributed by atoms with Crippen molar-refractivity contribution in [3.8, 4) is 0 Å². The van der Waals surface area contributed by atoms with Crippen LogP contribution in [0.5, 0.6) is 0 Å². The Hall–Kier alpha value is -0.380. The van der Waals surface area contributed by atoms with Crippen LogP contribution in [-0.2, 0) is 4.84 Å². The molecule has 2 atom stereocenters. The molecule has 0 saturated carbocycles. The molecule has 3 nitrogen and oxygen atoms in total. The predicted octanol–water partition coefficient (Wildman–Crippen LogP) is 2.34. The predicted molar refractivity (Wildman–Crippen MR) is 68.2 cm³/mol. The lowest BCUT2D eigenvalue weighted by Gasteiger charge is -2.30. The molecule has 1 saturated heterocycles. The summed E-state index contributed by atoms with van der Waals surface area (Å²) in [6.07, 6.45) is 6.63. The van der Waals surface area contributed by atoms with Gasteiger partial charge in [0.15, 0.2) is 0 Å². The van der Waals surface area contributed by atoms with Gasteiger partial charge in [0.05, 0.1) is 5.60 Å². The van der Waals surface area contributed by atoms with E-state index in [2.05, 4.69) is 45.2 Å². The van der Waals surface area contributed by atoms with Crippen molar-refractivity contribution in [2.75, 3.05) is 13.6 Å². The Morgan fingerprint density at radius 3 is 2.69 bits per heavy atom. The molecule has 0 amide bonds. The van der Waals surface area contributed by atoms with Gasteiger partial charge in [-0.25, -0.2) is 0 Å². The average Bonchev–Trinajstić information content (AvgIpc) is 2.60. The number of hydroxylamine groups is 2. The van der Waals surface area contributed by atoms with Crippen molar-refractivity contribution in [2.45, 2.75) is 58.2 Å². The minimum atomic E-state index is -0.101. The number of nitrogens with one attached hydrogen (secondary N) is 1. The molecule has 1 N–H and O–H groups in total. The summed E-state index contributed by atoms with van der Waals surface area (Å²) >= 11 is 0. The molecule has 1 fully saturated rings. The summed E-state index contributed by atoms with van der Waals surface area (Å²) in [6.45, 7) is 9.35. The van der Waals surface area contributed by atoms with E-state index in [9.17, 15) is 0 Å². The number of allylic oxidation sites excluding steroid dienone is 1. The van der Waals surface area contributed by atoms with E-state index in [1.165, 1.54) is 0 Å². The van der Waals surface area contributed by atoms with Crippen LogP contribution in [0.1, 0.15) is 40.5 Å². The van der Waals surface area contributed by atoms with Crippen LogP contribution in [0.25, 0.3) is 0 Å². The third-order valence-corrected chi connectivity index (χ3v) is 2.79. The van der Waals surface area contributed by atoms with Crippen LogP contribution >= 0.6 is 0 Å². The fraction of sp³-hybridized carbons (Fsp3) is 0.846. The fourth-order valence-corrected chi connectivity index (χ4v) is 2.06. The maximum Gasteiger partial charge on any atom is 0.0815 e. The van der Waals surface area contributed by atoms with Crippen molar-refractivity contribution in [3.63, 3.8) is 0 Å². The highest BCUT2D eigenvalue weighted by Gasteiger charge is 2.28. The summed E-state index contributed by atoms with van der Waals surface area (Å²) < 4.78 is 0. The standard InChI is InChI=1S/C13H26N2O/c1-6-7-8-11-9-12(10-14-11)15(5)16-13(2,3)4/h6-7,11-12,14H,8-10H2,1-5H3/t11?,12-/m1/s1. The lowest BCUT2D eigenvalue weighted by Crippen LogP contribution is -2.39. The minimum Gasteiger partial charge on any atom is -0.312 e. The summed E-state index contributed by atoms with van der Waals surface area (Å²) in [5.74, 6) is 0. The first kappa shape index (κ1) is 13.7. The number of hydrogen-bond donors (Lipinski definition) is 1. The van der Waals surface area contributed by atoms with E-state index in [-0.39, 0.29) is 5.60 Å². The first-order valence-electron chi connectivity index (χ1n) is 6.19. The number of likely N-dealkylation sites (N-methyl/N-ethyl adjacent to an activating group) is 1. The molecule has 0 aromatic heterocycles. The second-order valence-corrected chi connectivity index (χ2v) is 5.55. The molecule has 1 aliphatic rings. The Morgan fingerprint density at radius 2 is 2.12 bits per heavy atom.